The van der Waals surface area contributed by atoms with E-state index >= 15 is 0 Å². The van der Waals surface area contributed by atoms with Gasteiger partial charge in [-0.25, -0.2) is 13.1 Å². The molecule has 2 heterocycles. The molecule has 0 aliphatic heterocycles. The summed E-state index contributed by atoms with van der Waals surface area (Å²) >= 11 is 0. The van der Waals surface area contributed by atoms with E-state index in [1.807, 2.05) is 16.9 Å². The summed E-state index contributed by atoms with van der Waals surface area (Å²) in [6, 6.07) is 8.48. The Hall–Kier alpha value is -2.54. The van der Waals surface area contributed by atoms with Crippen LogP contribution in [0.4, 0.5) is 0 Å². The van der Waals surface area contributed by atoms with Crippen molar-refractivity contribution in [1.82, 2.24) is 9.29 Å². The molecule has 3 aromatic rings. The first kappa shape index (κ1) is 13.4. The summed E-state index contributed by atoms with van der Waals surface area (Å²) in [6.07, 6.45) is 3.98. The van der Waals surface area contributed by atoms with Crippen LogP contribution in [0.2, 0.25) is 0 Å². The van der Waals surface area contributed by atoms with Crippen LogP contribution in [0.25, 0.3) is 10.9 Å². The van der Waals surface area contributed by atoms with E-state index in [-0.39, 0.29) is 10.5 Å². The van der Waals surface area contributed by atoms with E-state index in [4.69, 9.17) is 4.42 Å². The SMILES string of the molecule is Cn1cc(S(=O)(=O)NC(=O)c2ccoc2)c2ccccc21. The molecule has 0 atom stereocenters. The molecule has 0 aliphatic rings. The van der Waals surface area contributed by atoms with Crippen LogP contribution >= 0.6 is 0 Å². The molecular formula is C14H12N2O4S. The average molecular weight is 304 g/mol. The third kappa shape index (κ3) is 2.31. The summed E-state index contributed by atoms with van der Waals surface area (Å²) in [5, 5.41) is 0.562. The molecule has 7 heteroatoms. The lowest BCUT2D eigenvalue weighted by Crippen LogP contribution is -2.30. The van der Waals surface area contributed by atoms with Crippen LogP contribution in [0, 0.1) is 0 Å². The fourth-order valence-electron chi connectivity index (χ4n) is 2.15. The average Bonchev–Trinajstić information content (AvgIpc) is 3.07. The molecule has 0 radical (unpaired) electrons. The molecule has 0 unspecified atom stereocenters. The van der Waals surface area contributed by atoms with Gasteiger partial charge in [0.25, 0.3) is 15.9 Å². The number of fused-ring (bicyclic) bond motifs is 1. The molecule has 0 saturated carbocycles. The highest BCUT2D eigenvalue weighted by molar-refractivity contribution is 7.90. The summed E-state index contributed by atoms with van der Waals surface area (Å²) in [4.78, 5) is 11.9. The third-order valence-corrected chi connectivity index (χ3v) is 4.52. The zero-order chi connectivity index (χ0) is 15.0. The molecule has 0 spiro atoms. The topological polar surface area (TPSA) is 81.3 Å². The van der Waals surface area contributed by atoms with E-state index in [9.17, 15) is 13.2 Å². The first-order chi connectivity index (χ1) is 9.99. The normalized spacial score (nSPS) is 11.7. The minimum atomic E-state index is -3.95. The fourth-order valence-corrected chi connectivity index (χ4v) is 3.38. The van der Waals surface area contributed by atoms with E-state index in [0.717, 1.165) is 5.52 Å². The van der Waals surface area contributed by atoms with Gasteiger partial charge in [0.05, 0.1) is 11.8 Å². The Labute approximate surface area is 121 Å². The Morgan fingerprint density at radius 3 is 2.71 bits per heavy atom. The molecule has 0 saturated heterocycles. The van der Waals surface area contributed by atoms with Crippen LogP contribution in [0.1, 0.15) is 10.4 Å². The van der Waals surface area contributed by atoms with Crippen molar-refractivity contribution in [3.63, 3.8) is 0 Å². The minimum Gasteiger partial charge on any atom is -0.472 e. The number of nitrogens with one attached hydrogen (secondary N) is 1. The van der Waals surface area contributed by atoms with Gasteiger partial charge in [0.15, 0.2) is 0 Å². The van der Waals surface area contributed by atoms with Gasteiger partial charge < -0.3 is 8.98 Å². The van der Waals surface area contributed by atoms with Gasteiger partial charge in [-0.2, -0.15) is 0 Å². The number of nitrogens with zero attached hydrogens (tertiary/aromatic N) is 1. The predicted molar refractivity (Wildman–Crippen MR) is 76.3 cm³/mol. The van der Waals surface area contributed by atoms with E-state index in [2.05, 4.69) is 0 Å². The van der Waals surface area contributed by atoms with Crippen molar-refractivity contribution in [3.05, 3.63) is 54.6 Å². The van der Waals surface area contributed by atoms with Crippen molar-refractivity contribution in [3.8, 4) is 0 Å². The van der Waals surface area contributed by atoms with Gasteiger partial charge in [0, 0.05) is 24.1 Å². The Morgan fingerprint density at radius 1 is 1.24 bits per heavy atom. The maximum absolute atomic E-state index is 12.4. The van der Waals surface area contributed by atoms with Gasteiger partial charge >= 0.3 is 0 Å². The molecule has 2 aromatic heterocycles. The highest BCUT2D eigenvalue weighted by Crippen LogP contribution is 2.24. The second kappa shape index (κ2) is 4.78. The number of para-hydroxylation sites is 1. The molecule has 21 heavy (non-hydrogen) atoms. The molecule has 1 N–H and O–H groups in total. The maximum Gasteiger partial charge on any atom is 0.268 e. The summed E-state index contributed by atoms with van der Waals surface area (Å²) in [7, 11) is -2.20. The number of aryl methyl sites for hydroxylation is 1. The molecule has 1 aromatic carbocycles. The van der Waals surface area contributed by atoms with E-state index < -0.39 is 15.9 Å². The van der Waals surface area contributed by atoms with Crippen LogP contribution in [-0.2, 0) is 17.1 Å². The molecule has 108 valence electrons. The lowest BCUT2D eigenvalue weighted by atomic mass is 10.2. The summed E-state index contributed by atoms with van der Waals surface area (Å²) < 4.78 is 33.3. The van der Waals surface area contributed by atoms with Crippen molar-refractivity contribution in [2.45, 2.75) is 4.90 Å². The monoisotopic (exact) mass is 304 g/mol. The molecule has 0 aliphatic carbocycles. The van der Waals surface area contributed by atoms with E-state index in [1.165, 1.54) is 24.8 Å². The van der Waals surface area contributed by atoms with Crippen molar-refractivity contribution in [2.75, 3.05) is 0 Å². The highest BCUT2D eigenvalue weighted by Gasteiger charge is 2.23. The number of hydrogen-bond acceptors (Lipinski definition) is 4. The van der Waals surface area contributed by atoms with Crippen molar-refractivity contribution >= 4 is 26.8 Å². The van der Waals surface area contributed by atoms with Crippen molar-refractivity contribution in [1.29, 1.82) is 0 Å². The lowest BCUT2D eigenvalue weighted by Gasteiger charge is -2.04. The Bertz CT molecular complexity index is 908. The first-order valence-corrected chi connectivity index (χ1v) is 7.61. The number of hydrogen-bond donors (Lipinski definition) is 1. The van der Waals surface area contributed by atoms with E-state index in [0.29, 0.717) is 5.39 Å². The Kier molecular flexibility index (Phi) is 3.06. The second-order valence-corrected chi connectivity index (χ2v) is 6.22. The number of carbonyl (C=O) groups is 1. The minimum absolute atomic E-state index is 0.0671. The lowest BCUT2D eigenvalue weighted by molar-refractivity contribution is 0.0981. The van der Waals surface area contributed by atoms with Crippen LogP contribution in [-0.4, -0.2) is 18.9 Å². The number of aromatic nitrogens is 1. The molecule has 1 amide bonds. The molecular weight excluding hydrogens is 292 g/mol. The molecule has 0 fully saturated rings. The fraction of sp³-hybridized carbons (Fsp3) is 0.0714. The van der Waals surface area contributed by atoms with Gasteiger partial charge in [-0.15, -0.1) is 0 Å². The van der Waals surface area contributed by atoms with Gasteiger partial charge in [-0.05, 0) is 12.1 Å². The van der Waals surface area contributed by atoms with Crippen LogP contribution < -0.4 is 4.72 Å². The number of benzene rings is 1. The molecule has 0 bridgehead atoms. The maximum atomic E-state index is 12.4. The number of rotatable bonds is 3. The van der Waals surface area contributed by atoms with Gasteiger partial charge in [0.1, 0.15) is 11.2 Å². The number of amides is 1. The van der Waals surface area contributed by atoms with Crippen LogP contribution in [0.5, 0.6) is 0 Å². The first-order valence-electron chi connectivity index (χ1n) is 6.12. The smallest absolute Gasteiger partial charge is 0.268 e. The molecule has 3 rings (SSSR count). The standard InChI is InChI=1S/C14H12N2O4S/c1-16-8-13(11-4-2-3-5-12(11)16)21(18,19)15-14(17)10-6-7-20-9-10/h2-9H,1H3,(H,15,17). The Balaban J connectivity index is 2.03. The summed E-state index contributed by atoms with van der Waals surface area (Å²) in [6.45, 7) is 0. The number of sulfonamides is 1. The van der Waals surface area contributed by atoms with Crippen molar-refractivity contribution < 1.29 is 17.6 Å². The van der Waals surface area contributed by atoms with E-state index in [1.54, 1.807) is 23.7 Å². The zero-order valence-electron chi connectivity index (χ0n) is 11.1. The summed E-state index contributed by atoms with van der Waals surface area (Å²) in [5.74, 6) is -0.725. The zero-order valence-corrected chi connectivity index (χ0v) is 11.9. The highest BCUT2D eigenvalue weighted by atomic mass is 32.2. The quantitative estimate of drug-likeness (QED) is 0.801. The van der Waals surface area contributed by atoms with Gasteiger partial charge in [-0.3, -0.25) is 4.79 Å². The Morgan fingerprint density at radius 2 is 2.00 bits per heavy atom. The second-order valence-electron chi connectivity index (χ2n) is 4.57. The van der Waals surface area contributed by atoms with Crippen LogP contribution in [0.3, 0.4) is 0 Å². The predicted octanol–water partition coefficient (Wildman–Crippen LogP) is 1.89. The van der Waals surface area contributed by atoms with Crippen molar-refractivity contribution in [2.24, 2.45) is 7.05 Å². The van der Waals surface area contributed by atoms with Gasteiger partial charge in [0.2, 0.25) is 0 Å². The van der Waals surface area contributed by atoms with Crippen LogP contribution in [0.15, 0.2) is 58.4 Å². The third-order valence-electron chi connectivity index (χ3n) is 3.16. The summed E-state index contributed by atoms with van der Waals surface area (Å²) in [5.41, 5.74) is 0.924. The largest absolute Gasteiger partial charge is 0.472 e. The molecule has 6 nitrogen and oxygen atoms in total. The number of furan rings is 1. The van der Waals surface area contributed by atoms with Gasteiger partial charge in [-0.1, -0.05) is 18.2 Å². The number of carbonyl (C=O) groups excluding carboxylic acids is 1.